The minimum atomic E-state index is -0.446. The van der Waals surface area contributed by atoms with E-state index in [1.54, 1.807) is 30.3 Å². The average Bonchev–Trinajstić information content (AvgIpc) is 3.25. The minimum Gasteiger partial charge on any atom is -0.493 e. The maximum atomic E-state index is 13.3. The highest BCUT2D eigenvalue weighted by atomic mass is 19.1. The Kier molecular flexibility index (Phi) is 6.32. The molecular formula is C25H19FN4O3. The van der Waals surface area contributed by atoms with Gasteiger partial charge in [-0.05, 0) is 54.1 Å². The molecule has 0 saturated carbocycles. The Morgan fingerprint density at radius 2 is 2.00 bits per heavy atom. The lowest BCUT2D eigenvalue weighted by atomic mass is 10.1. The molecule has 0 spiro atoms. The summed E-state index contributed by atoms with van der Waals surface area (Å²) < 4.78 is 24.2. The van der Waals surface area contributed by atoms with Crippen molar-refractivity contribution in [1.82, 2.24) is 9.97 Å². The topological polar surface area (TPSA) is 100 Å². The zero-order valence-corrected chi connectivity index (χ0v) is 17.6. The summed E-state index contributed by atoms with van der Waals surface area (Å²) in [6, 6.07) is 20.4. The van der Waals surface area contributed by atoms with Crippen molar-refractivity contribution >= 4 is 34.3 Å². The first-order valence-corrected chi connectivity index (χ1v) is 9.99. The molecule has 3 aromatic carbocycles. The van der Waals surface area contributed by atoms with Gasteiger partial charge < -0.3 is 19.8 Å². The number of anilines is 1. The standard InChI is InChI=1S/C25H19FN4O3/c1-32-23-12-16(11-17(14-27)25-29-20-7-2-3-8-21(20)30-25)9-10-22(23)33-15-24(31)28-19-6-4-5-18(26)13-19/h2-13H,15H2,1H3,(H,28,31)(H,29,30). The van der Waals surface area contributed by atoms with Gasteiger partial charge in [0.2, 0.25) is 0 Å². The van der Waals surface area contributed by atoms with Crippen LogP contribution >= 0.6 is 0 Å². The number of benzene rings is 3. The molecule has 1 heterocycles. The maximum Gasteiger partial charge on any atom is 0.262 e. The van der Waals surface area contributed by atoms with Crippen molar-refractivity contribution < 1.29 is 18.7 Å². The number of carbonyl (C=O) groups is 1. The van der Waals surface area contributed by atoms with Crippen LogP contribution in [0.3, 0.4) is 0 Å². The van der Waals surface area contributed by atoms with Crippen LogP contribution in [0.25, 0.3) is 22.7 Å². The molecule has 0 aliphatic carbocycles. The molecule has 0 unspecified atom stereocenters. The number of hydrogen-bond acceptors (Lipinski definition) is 5. The largest absolute Gasteiger partial charge is 0.493 e. The number of nitrogens with one attached hydrogen (secondary N) is 2. The quantitative estimate of drug-likeness (QED) is 0.401. The fourth-order valence-corrected chi connectivity index (χ4v) is 3.20. The zero-order chi connectivity index (χ0) is 23.2. The van der Waals surface area contributed by atoms with Crippen LogP contribution in [0.4, 0.5) is 10.1 Å². The van der Waals surface area contributed by atoms with Crippen LogP contribution in [-0.4, -0.2) is 29.6 Å². The zero-order valence-electron chi connectivity index (χ0n) is 17.6. The Bertz CT molecular complexity index is 1350. The lowest BCUT2D eigenvalue weighted by Crippen LogP contribution is -2.20. The molecule has 0 radical (unpaired) electrons. The predicted octanol–water partition coefficient (Wildman–Crippen LogP) is 4.79. The number of fused-ring (bicyclic) bond motifs is 1. The average molecular weight is 442 g/mol. The van der Waals surface area contributed by atoms with E-state index in [0.717, 1.165) is 11.0 Å². The molecule has 0 atom stereocenters. The van der Waals surface area contributed by atoms with Gasteiger partial charge in [0.25, 0.3) is 5.91 Å². The highest BCUT2D eigenvalue weighted by Crippen LogP contribution is 2.30. The predicted molar refractivity (Wildman–Crippen MR) is 123 cm³/mol. The highest BCUT2D eigenvalue weighted by Gasteiger charge is 2.11. The number of amides is 1. The molecule has 0 aliphatic heterocycles. The lowest BCUT2D eigenvalue weighted by molar-refractivity contribution is -0.118. The number of allylic oxidation sites excluding steroid dienone is 1. The van der Waals surface area contributed by atoms with E-state index in [9.17, 15) is 14.4 Å². The van der Waals surface area contributed by atoms with Gasteiger partial charge in [-0.1, -0.05) is 24.3 Å². The first-order chi connectivity index (χ1) is 16.1. The molecular weight excluding hydrogens is 423 g/mol. The van der Waals surface area contributed by atoms with Gasteiger partial charge in [-0.2, -0.15) is 5.26 Å². The number of aromatic amines is 1. The van der Waals surface area contributed by atoms with Crippen LogP contribution in [0.2, 0.25) is 0 Å². The van der Waals surface area contributed by atoms with Crippen LogP contribution in [-0.2, 0) is 4.79 Å². The second-order valence-corrected chi connectivity index (χ2v) is 7.03. The lowest BCUT2D eigenvalue weighted by Gasteiger charge is -2.12. The van der Waals surface area contributed by atoms with Crippen molar-refractivity contribution in [2.45, 2.75) is 0 Å². The molecule has 1 amide bonds. The molecule has 8 heteroatoms. The maximum absolute atomic E-state index is 13.3. The number of H-pyrrole nitrogens is 1. The Balaban J connectivity index is 1.48. The number of rotatable bonds is 7. The van der Waals surface area contributed by atoms with Gasteiger partial charge in [-0.15, -0.1) is 0 Å². The van der Waals surface area contributed by atoms with Crippen molar-refractivity contribution in [2.24, 2.45) is 0 Å². The van der Waals surface area contributed by atoms with E-state index in [2.05, 4.69) is 21.4 Å². The van der Waals surface area contributed by atoms with Gasteiger partial charge in [0.1, 0.15) is 17.7 Å². The van der Waals surface area contributed by atoms with E-state index >= 15 is 0 Å². The summed E-state index contributed by atoms with van der Waals surface area (Å²) in [7, 11) is 1.48. The molecule has 4 aromatic rings. The molecule has 4 rings (SSSR count). The van der Waals surface area contributed by atoms with Gasteiger partial charge >= 0.3 is 0 Å². The third-order valence-corrected chi connectivity index (χ3v) is 4.73. The summed E-state index contributed by atoms with van der Waals surface area (Å²) in [4.78, 5) is 19.7. The first kappa shape index (κ1) is 21.6. The SMILES string of the molecule is COc1cc(C=C(C#N)c2nc3ccccc3[nH]2)ccc1OCC(=O)Nc1cccc(F)c1. The Labute approximate surface area is 189 Å². The summed E-state index contributed by atoms with van der Waals surface area (Å²) >= 11 is 0. The van der Waals surface area contributed by atoms with E-state index in [4.69, 9.17) is 9.47 Å². The van der Waals surface area contributed by atoms with E-state index in [1.165, 1.54) is 25.3 Å². The smallest absolute Gasteiger partial charge is 0.262 e. The number of hydrogen-bond donors (Lipinski definition) is 2. The molecule has 33 heavy (non-hydrogen) atoms. The number of imidazole rings is 1. The van der Waals surface area contributed by atoms with Crippen LogP contribution < -0.4 is 14.8 Å². The Morgan fingerprint density at radius 3 is 2.76 bits per heavy atom. The number of ether oxygens (including phenoxy) is 2. The second-order valence-electron chi connectivity index (χ2n) is 7.03. The van der Waals surface area contributed by atoms with Crippen molar-refractivity contribution in [1.29, 1.82) is 5.26 Å². The molecule has 7 nitrogen and oxygen atoms in total. The van der Waals surface area contributed by atoms with Gasteiger partial charge in [-0.25, -0.2) is 9.37 Å². The summed E-state index contributed by atoms with van der Waals surface area (Å²) in [5, 5.41) is 12.2. The highest BCUT2D eigenvalue weighted by molar-refractivity contribution is 5.92. The third kappa shape index (κ3) is 5.17. The number of halogens is 1. The van der Waals surface area contributed by atoms with Crippen LogP contribution in [0.5, 0.6) is 11.5 Å². The molecule has 0 fully saturated rings. The van der Waals surface area contributed by atoms with Gasteiger partial charge in [-0.3, -0.25) is 4.79 Å². The van der Waals surface area contributed by atoms with Crippen molar-refractivity contribution in [2.75, 3.05) is 19.0 Å². The van der Waals surface area contributed by atoms with Crippen molar-refractivity contribution in [3.8, 4) is 17.6 Å². The van der Waals surface area contributed by atoms with Gasteiger partial charge in [0, 0.05) is 5.69 Å². The number of nitriles is 1. The van der Waals surface area contributed by atoms with Gasteiger partial charge in [0.15, 0.2) is 18.1 Å². The monoisotopic (exact) mass is 442 g/mol. The third-order valence-electron chi connectivity index (χ3n) is 4.73. The molecule has 0 aliphatic rings. The molecule has 2 N–H and O–H groups in total. The second kappa shape index (κ2) is 9.66. The molecule has 0 saturated heterocycles. The fourth-order valence-electron chi connectivity index (χ4n) is 3.20. The normalized spacial score (nSPS) is 11.1. The Hall–Kier alpha value is -4.64. The van der Waals surface area contributed by atoms with E-state index in [-0.39, 0.29) is 6.61 Å². The number of nitrogens with zero attached hydrogens (tertiary/aromatic N) is 2. The number of aromatic nitrogens is 2. The molecule has 164 valence electrons. The van der Waals surface area contributed by atoms with E-state index in [1.807, 2.05) is 24.3 Å². The van der Waals surface area contributed by atoms with Crippen LogP contribution in [0, 0.1) is 17.1 Å². The number of methoxy groups -OCH3 is 1. The number of para-hydroxylation sites is 2. The summed E-state index contributed by atoms with van der Waals surface area (Å²) in [6.07, 6.45) is 1.68. The minimum absolute atomic E-state index is 0.287. The fraction of sp³-hybridized carbons (Fsp3) is 0.0800. The van der Waals surface area contributed by atoms with Gasteiger partial charge in [0.05, 0.1) is 23.7 Å². The van der Waals surface area contributed by atoms with Crippen molar-refractivity contribution in [3.05, 3.63) is 83.9 Å². The van der Waals surface area contributed by atoms with E-state index in [0.29, 0.717) is 34.1 Å². The van der Waals surface area contributed by atoms with Crippen LogP contribution in [0.1, 0.15) is 11.4 Å². The van der Waals surface area contributed by atoms with E-state index < -0.39 is 11.7 Å². The summed E-state index contributed by atoms with van der Waals surface area (Å²) in [6.45, 7) is -0.287. The number of carbonyl (C=O) groups excluding carboxylic acids is 1. The first-order valence-electron chi connectivity index (χ1n) is 9.99. The molecule has 1 aromatic heterocycles. The molecule has 0 bridgehead atoms. The Morgan fingerprint density at radius 1 is 1.15 bits per heavy atom. The summed E-state index contributed by atoms with van der Waals surface area (Å²) in [5.41, 5.74) is 3.00. The summed E-state index contributed by atoms with van der Waals surface area (Å²) in [5.74, 6) is 0.323. The van der Waals surface area contributed by atoms with Crippen LogP contribution in [0.15, 0.2) is 66.7 Å². The van der Waals surface area contributed by atoms with Crippen molar-refractivity contribution in [3.63, 3.8) is 0 Å².